The minimum atomic E-state index is -0.316. The van der Waals surface area contributed by atoms with Crippen molar-refractivity contribution in [1.82, 2.24) is 10.2 Å². The molecule has 4 nitrogen and oxygen atoms in total. The van der Waals surface area contributed by atoms with Gasteiger partial charge in [0.1, 0.15) is 12.1 Å². The Morgan fingerprint density at radius 3 is 2.50 bits per heavy atom. The predicted octanol–water partition coefficient (Wildman–Crippen LogP) is 1.55. The zero-order valence-corrected chi connectivity index (χ0v) is 11.6. The Balaban J connectivity index is 2.14. The number of rotatable bonds is 5. The van der Waals surface area contributed by atoms with E-state index in [1.807, 2.05) is 18.7 Å². The van der Waals surface area contributed by atoms with Crippen molar-refractivity contribution < 1.29 is 9.59 Å². The first kappa shape index (κ1) is 13.4. The summed E-state index contributed by atoms with van der Waals surface area (Å²) in [6.45, 7) is 6.84. The summed E-state index contributed by atoms with van der Waals surface area (Å²) in [6, 6.07) is -0.567. The summed E-state index contributed by atoms with van der Waals surface area (Å²) in [5.74, 6) is 0.998. The highest BCUT2D eigenvalue weighted by Gasteiger charge is 2.43. The van der Waals surface area contributed by atoms with Crippen LogP contribution < -0.4 is 5.32 Å². The van der Waals surface area contributed by atoms with Crippen LogP contribution in [0.2, 0.25) is 0 Å². The van der Waals surface area contributed by atoms with E-state index in [0.717, 1.165) is 13.0 Å². The second-order valence-electron chi connectivity index (χ2n) is 5.73. The van der Waals surface area contributed by atoms with Crippen LogP contribution in [0.4, 0.5) is 0 Å². The highest BCUT2D eigenvalue weighted by Crippen LogP contribution is 2.32. The molecular weight excluding hydrogens is 228 g/mol. The fraction of sp³-hybridized carbons (Fsp3) is 0.857. The molecule has 3 unspecified atom stereocenters. The number of amides is 2. The number of nitrogens with zero attached hydrogens (tertiary/aromatic N) is 1. The molecule has 2 rings (SSSR count). The molecule has 2 aliphatic rings. The lowest BCUT2D eigenvalue weighted by atomic mass is 9.93. The van der Waals surface area contributed by atoms with Gasteiger partial charge in [0.15, 0.2) is 0 Å². The van der Waals surface area contributed by atoms with Crippen LogP contribution in [-0.2, 0) is 9.59 Å². The van der Waals surface area contributed by atoms with Gasteiger partial charge in [0.2, 0.25) is 11.8 Å². The van der Waals surface area contributed by atoms with Crippen LogP contribution >= 0.6 is 0 Å². The quantitative estimate of drug-likeness (QED) is 0.807. The molecule has 0 radical (unpaired) electrons. The largest absolute Gasteiger partial charge is 0.342 e. The third-order valence-electron chi connectivity index (χ3n) is 4.28. The average Bonchev–Trinajstić information content (AvgIpc) is 3.16. The van der Waals surface area contributed by atoms with Crippen molar-refractivity contribution in [1.29, 1.82) is 0 Å². The van der Waals surface area contributed by atoms with Crippen LogP contribution in [0.25, 0.3) is 0 Å². The lowest BCUT2D eigenvalue weighted by molar-refractivity contribution is -0.151. The van der Waals surface area contributed by atoms with Crippen LogP contribution in [-0.4, -0.2) is 35.3 Å². The van der Waals surface area contributed by atoms with Gasteiger partial charge >= 0.3 is 0 Å². The van der Waals surface area contributed by atoms with Crippen molar-refractivity contribution in [3.05, 3.63) is 0 Å². The van der Waals surface area contributed by atoms with Gasteiger partial charge in [0, 0.05) is 6.54 Å². The molecule has 1 aliphatic carbocycles. The Morgan fingerprint density at radius 1 is 1.33 bits per heavy atom. The topological polar surface area (TPSA) is 49.4 Å². The number of piperazine rings is 1. The van der Waals surface area contributed by atoms with Crippen LogP contribution in [0.3, 0.4) is 0 Å². The molecule has 1 aliphatic heterocycles. The maximum atomic E-state index is 12.5. The Labute approximate surface area is 109 Å². The lowest BCUT2D eigenvalue weighted by Gasteiger charge is -2.40. The molecule has 0 spiro atoms. The number of hydrogen-bond donors (Lipinski definition) is 1. The molecule has 2 fully saturated rings. The van der Waals surface area contributed by atoms with E-state index in [0.29, 0.717) is 12.3 Å². The van der Waals surface area contributed by atoms with Gasteiger partial charge in [-0.15, -0.1) is 0 Å². The van der Waals surface area contributed by atoms with Gasteiger partial charge in [-0.1, -0.05) is 27.2 Å². The average molecular weight is 252 g/mol. The number of carbonyl (C=O) groups excluding carboxylic acids is 2. The van der Waals surface area contributed by atoms with E-state index in [9.17, 15) is 9.59 Å². The molecule has 0 bridgehead atoms. The zero-order valence-electron chi connectivity index (χ0n) is 11.6. The van der Waals surface area contributed by atoms with Gasteiger partial charge in [-0.3, -0.25) is 9.59 Å². The van der Waals surface area contributed by atoms with Gasteiger partial charge in [0.05, 0.1) is 0 Å². The van der Waals surface area contributed by atoms with Crippen molar-refractivity contribution in [2.75, 3.05) is 6.54 Å². The Kier molecular flexibility index (Phi) is 3.93. The third-order valence-corrected chi connectivity index (χ3v) is 4.28. The molecule has 3 atom stereocenters. The highest BCUT2D eigenvalue weighted by atomic mass is 16.2. The van der Waals surface area contributed by atoms with Gasteiger partial charge < -0.3 is 10.2 Å². The Morgan fingerprint density at radius 2 is 2.00 bits per heavy atom. The minimum Gasteiger partial charge on any atom is -0.342 e. The summed E-state index contributed by atoms with van der Waals surface area (Å²) < 4.78 is 0. The van der Waals surface area contributed by atoms with E-state index in [-0.39, 0.29) is 29.8 Å². The molecule has 1 saturated heterocycles. The van der Waals surface area contributed by atoms with Gasteiger partial charge in [-0.25, -0.2) is 0 Å². The molecule has 0 aromatic carbocycles. The van der Waals surface area contributed by atoms with Crippen LogP contribution in [0.5, 0.6) is 0 Å². The fourth-order valence-electron chi connectivity index (χ4n) is 2.61. The minimum absolute atomic E-state index is 0.0306. The number of nitrogens with one attached hydrogen (secondary N) is 1. The van der Waals surface area contributed by atoms with E-state index in [1.165, 1.54) is 12.8 Å². The van der Waals surface area contributed by atoms with Crippen molar-refractivity contribution in [2.24, 2.45) is 11.8 Å². The van der Waals surface area contributed by atoms with Crippen LogP contribution in [0.1, 0.15) is 46.5 Å². The molecule has 0 aromatic rings. The lowest BCUT2D eigenvalue weighted by Crippen LogP contribution is -2.65. The SMILES string of the molecule is CCC(C)C1NC(=O)C(CC)N(CC2CC2)C1=O. The van der Waals surface area contributed by atoms with Crippen molar-refractivity contribution >= 4 is 11.8 Å². The third kappa shape index (κ3) is 2.52. The van der Waals surface area contributed by atoms with Gasteiger partial charge in [0.25, 0.3) is 0 Å². The van der Waals surface area contributed by atoms with Crippen molar-refractivity contribution in [3.63, 3.8) is 0 Å². The van der Waals surface area contributed by atoms with Crippen LogP contribution in [0, 0.1) is 11.8 Å². The summed E-state index contributed by atoms with van der Waals surface area (Å²) in [5.41, 5.74) is 0. The Hall–Kier alpha value is -1.06. The molecular formula is C14H24N2O2. The first-order chi connectivity index (χ1) is 8.58. The maximum Gasteiger partial charge on any atom is 0.246 e. The van der Waals surface area contributed by atoms with E-state index >= 15 is 0 Å². The van der Waals surface area contributed by atoms with E-state index in [4.69, 9.17) is 0 Å². The summed E-state index contributed by atoms with van der Waals surface area (Å²) in [5, 5.41) is 2.91. The molecule has 4 heteroatoms. The monoisotopic (exact) mass is 252 g/mol. The highest BCUT2D eigenvalue weighted by molar-refractivity contribution is 5.97. The van der Waals surface area contributed by atoms with Gasteiger partial charge in [-0.05, 0) is 31.1 Å². The summed E-state index contributed by atoms with van der Waals surface area (Å²) in [7, 11) is 0. The summed E-state index contributed by atoms with van der Waals surface area (Å²) >= 11 is 0. The molecule has 1 N–H and O–H groups in total. The number of carbonyl (C=O) groups is 2. The first-order valence-corrected chi connectivity index (χ1v) is 7.19. The second kappa shape index (κ2) is 5.29. The molecule has 102 valence electrons. The standard InChI is InChI=1S/C14H24N2O2/c1-4-9(3)12-14(18)16(8-10-6-7-10)11(5-2)13(17)15-12/h9-12H,4-8H2,1-3H3,(H,15,17). The molecule has 1 heterocycles. The zero-order chi connectivity index (χ0) is 13.3. The molecule has 2 amide bonds. The number of hydrogen-bond acceptors (Lipinski definition) is 2. The second-order valence-corrected chi connectivity index (χ2v) is 5.73. The van der Waals surface area contributed by atoms with Crippen molar-refractivity contribution in [2.45, 2.75) is 58.5 Å². The van der Waals surface area contributed by atoms with Gasteiger partial charge in [-0.2, -0.15) is 0 Å². The predicted molar refractivity (Wildman–Crippen MR) is 69.9 cm³/mol. The van der Waals surface area contributed by atoms with Crippen molar-refractivity contribution in [3.8, 4) is 0 Å². The molecule has 18 heavy (non-hydrogen) atoms. The van der Waals surface area contributed by atoms with E-state index < -0.39 is 0 Å². The smallest absolute Gasteiger partial charge is 0.246 e. The molecule has 0 aromatic heterocycles. The fourth-order valence-corrected chi connectivity index (χ4v) is 2.61. The summed E-state index contributed by atoms with van der Waals surface area (Å²) in [4.78, 5) is 26.5. The van der Waals surface area contributed by atoms with Crippen LogP contribution in [0.15, 0.2) is 0 Å². The molecule has 1 saturated carbocycles. The maximum absolute atomic E-state index is 12.5. The van der Waals surface area contributed by atoms with E-state index in [1.54, 1.807) is 0 Å². The summed E-state index contributed by atoms with van der Waals surface area (Å²) in [6.07, 6.45) is 4.02. The van der Waals surface area contributed by atoms with E-state index in [2.05, 4.69) is 12.2 Å². The Bertz CT molecular complexity index is 339. The first-order valence-electron chi connectivity index (χ1n) is 7.19. The normalized spacial score (nSPS) is 30.3.